The van der Waals surface area contributed by atoms with E-state index in [0.29, 0.717) is 0 Å². The molecule has 0 unspecified atom stereocenters. The minimum Gasteiger partial charge on any atom is -0.487 e. The van der Waals surface area contributed by atoms with Crippen LogP contribution in [0, 0.1) is 0 Å². The summed E-state index contributed by atoms with van der Waals surface area (Å²) in [7, 11) is 0. The van der Waals surface area contributed by atoms with Crippen LogP contribution in [0.2, 0.25) is 0 Å². The molecule has 1 aromatic carbocycles. The van der Waals surface area contributed by atoms with Crippen molar-refractivity contribution in [1.29, 1.82) is 0 Å². The first-order chi connectivity index (χ1) is 9.55. The maximum atomic E-state index is 6.13. The molecule has 0 aliphatic carbocycles. The van der Waals surface area contributed by atoms with Crippen molar-refractivity contribution in [3.05, 3.63) is 34.9 Å². The molecule has 2 heteroatoms. The molecular formula is C18H27NO. The lowest BCUT2D eigenvalue weighted by Gasteiger charge is -2.18. The molecule has 110 valence electrons. The number of ether oxygens (including phenoxy) is 1. The van der Waals surface area contributed by atoms with Gasteiger partial charge in [-0.15, -0.1) is 0 Å². The second-order valence-electron chi connectivity index (χ2n) is 6.21. The van der Waals surface area contributed by atoms with Crippen LogP contribution in [0.5, 0.6) is 5.75 Å². The van der Waals surface area contributed by atoms with Gasteiger partial charge in [0.1, 0.15) is 11.4 Å². The molecule has 0 radical (unpaired) electrons. The average molecular weight is 273 g/mol. The van der Waals surface area contributed by atoms with Crippen LogP contribution < -0.4 is 10.1 Å². The molecule has 1 aliphatic rings. The minimum atomic E-state index is -0.0703. The van der Waals surface area contributed by atoms with Crippen molar-refractivity contribution in [2.24, 2.45) is 0 Å². The fraction of sp³-hybridized carbons (Fsp3) is 0.556. The molecule has 1 aromatic rings. The Kier molecular flexibility index (Phi) is 4.87. The summed E-state index contributed by atoms with van der Waals surface area (Å²) in [6.07, 6.45) is 5.54. The van der Waals surface area contributed by atoms with Gasteiger partial charge in [-0.2, -0.15) is 0 Å². The van der Waals surface area contributed by atoms with E-state index in [9.17, 15) is 0 Å². The molecule has 0 atom stereocenters. The Bertz CT molecular complexity index is 488. The van der Waals surface area contributed by atoms with E-state index in [4.69, 9.17) is 4.74 Å². The summed E-state index contributed by atoms with van der Waals surface area (Å²) in [6.45, 7) is 10.8. The van der Waals surface area contributed by atoms with Gasteiger partial charge in [0.15, 0.2) is 0 Å². The van der Waals surface area contributed by atoms with Crippen molar-refractivity contribution >= 4 is 6.08 Å². The first-order valence-corrected chi connectivity index (χ1v) is 7.77. The zero-order valence-corrected chi connectivity index (χ0v) is 13.3. The van der Waals surface area contributed by atoms with Crippen LogP contribution in [-0.4, -0.2) is 18.7 Å². The molecule has 1 N–H and O–H groups in total. The van der Waals surface area contributed by atoms with Gasteiger partial charge in [-0.3, -0.25) is 0 Å². The van der Waals surface area contributed by atoms with Crippen LogP contribution in [0.25, 0.3) is 6.08 Å². The maximum absolute atomic E-state index is 6.13. The summed E-state index contributed by atoms with van der Waals surface area (Å²) in [5.74, 6) is 1.08. The van der Waals surface area contributed by atoms with E-state index in [1.807, 2.05) is 0 Å². The standard InChI is InChI=1S/C18H27NO/c1-5-10-19-13-14(6-2)11-15-8-7-9-16-12-18(3,4)20-17(15)16/h7-9,11,19H,5-6,10,12-13H2,1-4H3. The van der Waals surface area contributed by atoms with Crippen LogP contribution in [0.4, 0.5) is 0 Å². The molecule has 0 saturated carbocycles. The smallest absolute Gasteiger partial charge is 0.130 e. The Morgan fingerprint density at radius 2 is 2.15 bits per heavy atom. The van der Waals surface area contributed by atoms with Crippen molar-refractivity contribution in [3.63, 3.8) is 0 Å². The number of benzene rings is 1. The highest BCUT2D eigenvalue weighted by molar-refractivity contribution is 5.63. The van der Waals surface area contributed by atoms with Gasteiger partial charge >= 0.3 is 0 Å². The van der Waals surface area contributed by atoms with Gasteiger partial charge in [0.05, 0.1) is 0 Å². The fourth-order valence-corrected chi connectivity index (χ4v) is 2.68. The van der Waals surface area contributed by atoms with Crippen molar-refractivity contribution < 1.29 is 4.74 Å². The molecule has 0 spiro atoms. The molecule has 0 fully saturated rings. The summed E-state index contributed by atoms with van der Waals surface area (Å²) in [5, 5.41) is 3.48. The summed E-state index contributed by atoms with van der Waals surface area (Å²) in [6, 6.07) is 6.49. The lowest BCUT2D eigenvalue weighted by molar-refractivity contribution is 0.138. The zero-order chi connectivity index (χ0) is 14.6. The molecule has 0 bridgehead atoms. The SMILES string of the molecule is CCCNCC(=Cc1cccc2c1OC(C)(C)C2)CC. The molecule has 2 rings (SSSR count). The van der Waals surface area contributed by atoms with Crippen molar-refractivity contribution in [1.82, 2.24) is 5.32 Å². The van der Waals surface area contributed by atoms with Crippen LogP contribution in [-0.2, 0) is 6.42 Å². The number of fused-ring (bicyclic) bond motifs is 1. The number of hydrogen-bond donors (Lipinski definition) is 1. The highest BCUT2D eigenvalue weighted by atomic mass is 16.5. The topological polar surface area (TPSA) is 21.3 Å². The number of rotatable bonds is 6. The van der Waals surface area contributed by atoms with E-state index in [0.717, 1.165) is 31.7 Å². The molecule has 1 heterocycles. The highest BCUT2D eigenvalue weighted by Gasteiger charge is 2.31. The van der Waals surface area contributed by atoms with Gasteiger partial charge in [0.2, 0.25) is 0 Å². The third-order valence-corrected chi connectivity index (χ3v) is 3.71. The maximum Gasteiger partial charge on any atom is 0.130 e. The Hall–Kier alpha value is -1.28. The largest absolute Gasteiger partial charge is 0.487 e. The van der Waals surface area contributed by atoms with E-state index in [1.165, 1.54) is 23.1 Å². The van der Waals surface area contributed by atoms with Gasteiger partial charge in [-0.25, -0.2) is 0 Å². The number of para-hydroxylation sites is 1. The van der Waals surface area contributed by atoms with Gasteiger partial charge in [0, 0.05) is 18.5 Å². The molecule has 0 saturated heterocycles. The minimum absolute atomic E-state index is 0.0703. The van der Waals surface area contributed by atoms with Crippen molar-refractivity contribution in [2.45, 2.75) is 52.6 Å². The Labute approximate surface area is 123 Å². The third-order valence-electron chi connectivity index (χ3n) is 3.71. The number of nitrogens with one attached hydrogen (secondary N) is 1. The lowest BCUT2D eigenvalue weighted by atomic mass is 9.99. The van der Waals surface area contributed by atoms with Gasteiger partial charge in [0.25, 0.3) is 0 Å². The Morgan fingerprint density at radius 1 is 1.35 bits per heavy atom. The van der Waals surface area contributed by atoms with Gasteiger partial charge < -0.3 is 10.1 Å². The normalized spacial score (nSPS) is 16.9. The van der Waals surface area contributed by atoms with Crippen LogP contribution in [0.3, 0.4) is 0 Å². The Morgan fingerprint density at radius 3 is 2.85 bits per heavy atom. The molecular weight excluding hydrogens is 246 g/mol. The van der Waals surface area contributed by atoms with Crippen molar-refractivity contribution in [2.75, 3.05) is 13.1 Å². The van der Waals surface area contributed by atoms with E-state index >= 15 is 0 Å². The highest BCUT2D eigenvalue weighted by Crippen LogP contribution is 2.38. The monoisotopic (exact) mass is 273 g/mol. The molecule has 0 aromatic heterocycles. The molecule has 20 heavy (non-hydrogen) atoms. The van der Waals surface area contributed by atoms with Gasteiger partial charge in [-0.1, -0.05) is 43.7 Å². The van der Waals surface area contributed by atoms with Gasteiger partial charge in [-0.05, 0) is 38.8 Å². The second-order valence-corrected chi connectivity index (χ2v) is 6.21. The van der Waals surface area contributed by atoms with Crippen LogP contribution in [0.15, 0.2) is 23.8 Å². The first-order valence-electron chi connectivity index (χ1n) is 7.77. The van der Waals surface area contributed by atoms with Crippen molar-refractivity contribution in [3.8, 4) is 5.75 Å². The average Bonchev–Trinajstić information content (AvgIpc) is 2.72. The molecule has 0 amide bonds. The third kappa shape index (κ3) is 3.63. The van der Waals surface area contributed by atoms with Crippen LogP contribution in [0.1, 0.15) is 51.7 Å². The van der Waals surface area contributed by atoms with Crippen LogP contribution >= 0.6 is 0 Å². The van der Waals surface area contributed by atoms with E-state index in [1.54, 1.807) is 0 Å². The summed E-state index contributed by atoms with van der Waals surface area (Å²) in [4.78, 5) is 0. The summed E-state index contributed by atoms with van der Waals surface area (Å²) < 4.78 is 6.13. The molecule has 1 aliphatic heterocycles. The van der Waals surface area contributed by atoms with E-state index < -0.39 is 0 Å². The fourth-order valence-electron chi connectivity index (χ4n) is 2.68. The predicted octanol–water partition coefficient (Wildman–Crippen LogP) is 4.19. The Balaban J connectivity index is 2.19. The molecule has 2 nitrogen and oxygen atoms in total. The first kappa shape index (κ1) is 15.1. The number of hydrogen-bond acceptors (Lipinski definition) is 2. The predicted molar refractivity (Wildman–Crippen MR) is 86.3 cm³/mol. The second kappa shape index (κ2) is 6.45. The lowest BCUT2D eigenvalue weighted by Crippen LogP contribution is -2.24. The quantitative estimate of drug-likeness (QED) is 0.785. The zero-order valence-electron chi connectivity index (χ0n) is 13.3. The summed E-state index contributed by atoms with van der Waals surface area (Å²) >= 11 is 0. The van der Waals surface area contributed by atoms with E-state index in [-0.39, 0.29) is 5.60 Å². The summed E-state index contributed by atoms with van der Waals surface area (Å²) in [5.41, 5.74) is 3.92. The van der Waals surface area contributed by atoms with E-state index in [2.05, 4.69) is 57.3 Å².